The first-order chi connectivity index (χ1) is 22.6. The molecule has 2 aliphatic carbocycles. The zero-order valence-corrected chi connectivity index (χ0v) is 29.7. The van der Waals surface area contributed by atoms with Crippen LogP contribution >= 0.6 is 12.4 Å². The quantitative estimate of drug-likeness (QED) is 0.213. The number of hydrogen-bond donors (Lipinski definition) is 1. The number of carbonyl (C=O) groups is 2. The standard InChI is InChI=1S/C25H32N2O4.C15H17N.ClH/c1-17(19-10-9-18-7-5-6-8-20(18)15-19)27(21-11-12-21)23(28)22-16-26(13-14-30-22)24(29)31-25(2,3)4;1-11(16-15-8-9-15)13-7-6-12-4-2-3-5-14(12)10-13;/h5-10,15,17,21-22H,11-14,16H2,1-4H3;2-7,10-11,15-16H,8-9H2,1H3;1H/t17?,22-;;/m1../s1. The fourth-order valence-corrected chi connectivity index (χ4v) is 6.30. The van der Waals surface area contributed by atoms with Crippen molar-refractivity contribution in [3.8, 4) is 0 Å². The average molecular weight is 672 g/mol. The maximum Gasteiger partial charge on any atom is 0.410 e. The maximum absolute atomic E-state index is 13.5. The number of nitrogens with zero attached hydrogens (tertiary/aromatic N) is 2. The van der Waals surface area contributed by atoms with Crippen LogP contribution in [0.25, 0.3) is 21.5 Å². The first-order valence-corrected chi connectivity index (χ1v) is 17.2. The lowest BCUT2D eigenvalue weighted by Gasteiger charge is -2.38. The number of benzene rings is 4. The van der Waals surface area contributed by atoms with Crippen molar-refractivity contribution in [2.45, 2.75) is 96.2 Å². The second kappa shape index (κ2) is 15.3. The van der Waals surface area contributed by atoms with Crippen LogP contribution in [-0.2, 0) is 14.3 Å². The molecule has 1 heterocycles. The summed E-state index contributed by atoms with van der Waals surface area (Å²) >= 11 is 0. The molecule has 2 amide bonds. The van der Waals surface area contributed by atoms with Gasteiger partial charge in [0.2, 0.25) is 0 Å². The Balaban J connectivity index is 0.000000222. The van der Waals surface area contributed by atoms with Gasteiger partial charge >= 0.3 is 6.09 Å². The van der Waals surface area contributed by atoms with Crippen molar-refractivity contribution < 1.29 is 19.1 Å². The van der Waals surface area contributed by atoms with E-state index in [2.05, 4.69) is 92.0 Å². The Bertz CT molecular complexity index is 1710. The van der Waals surface area contributed by atoms with Crippen molar-refractivity contribution >= 4 is 46.0 Å². The maximum atomic E-state index is 13.5. The highest BCUT2D eigenvalue weighted by atomic mass is 35.5. The Morgan fingerprint density at radius 3 is 1.96 bits per heavy atom. The number of ether oxygens (including phenoxy) is 2. The fraction of sp³-hybridized carbons (Fsp3) is 0.450. The van der Waals surface area contributed by atoms with E-state index in [-0.39, 0.29) is 36.9 Å². The third kappa shape index (κ3) is 9.07. The Kier molecular flexibility index (Phi) is 11.3. The predicted octanol–water partition coefficient (Wildman–Crippen LogP) is 8.60. The first-order valence-electron chi connectivity index (χ1n) is 17.2. The summed E-state index contributed by atoms with van der Waals surface area (Å²) in [6.45, 7) is 10.8. The van der Waals surface area contributed by atoms with E-state index in [0.29, 0.717) is 19.2 Å². The van der Waals surface area contributed by atoms with E-state index in [9.17, 15) is 9.59 Å². The third-order valence-corrected chi connectivity index (χ3v) is 9.20. The summed E-state index contributed by atoms with van der Waals surface area (Å²) in [5.74, 6) is -0.0450. The number of amides is 2. The monoisotopic (exact) mass is 671 g/mol. The van der Waals surface area contributed by atoms with Crippen LogP contribution in [0.3, 0.4) is 0 Å². The Labute approximate surface area is 291 Å². The van der Waals surface area contributed by atoms with E-state index in [1.165, 1.54) is 39.9 Å². The van der Waals surface area contributed by atoms with E-state index in [4.69, 9.17) is 9.47 Å². The summed E-state index contributed by atoms with van der Waals surface area (Å²) in [4.78, 5) is 29.6. The highest BCUT2D eigenvalue weighted by Gasteiger charge is 2.42. The van der Waals surface area contributed by atoms with E-state index in [0.717, 1.165) is 24.4 Å². The molecule has 2 saturated carbocycles. The van der Waals surface area contributed by atoms with Crippen LogP contribution in [0, 0.1) is 0 Å². The van der Waals surface area contributed by atoms with Crippen molar-refractivity contribution in [2.24, 2.45) is 0 Å². The van der Waals surface area contributed by atoms with E-state index in [1.807, 2.05) is 37.8 Å². The molecule has 3 aliphatic rings. The number of rotatable bonds is 7. The van der Waals surface area contributed by atoms with Crippen LogP contribution in [0.15, 0.2) is 84.9 Å². The molecule has 7 nitrogen and oxygen atoms in total. The highest BCUT2D eigenvalue weighted by molar-refractivity contribution is 5.86. The van der Waals surface area contributed by atoms with Crippen molar-refractivity contribution in [1.82, 2.24) is 15.1 Å². The molecule has 2 unspecified atom stereocenters. The van der Waals surface area contributed by atoms with Gasteiger partial charge in [0.1, 0.15) is 5.60 Å². The summed E-state index contributed by atoms with van der Waals surface area (Å²) < 4.78 is 11.3. The molecule has 256 valence electrons. The second-order valence-corrected chi connectivity index (χ2v) is 14.3. The van der Waals surface area contributed by atoms with Gasteiger partial charge in [0.15, 0.2) is 6.10 Å². The summed E-state index contributed by atoms with van der Waals surface area (Å²) in [6, 6.07) is 31.3. The minimum absolute atomic E-state index is 0. The van der Waals surface area contributed by atoms with Gasteiger partial charge in [-0.1, -0.05) is 72.8 Å². The molecule has 4 aromatic rings. The number of hydrogen-bond acceptors (Lipinski definition) is 5. The van der Waals surface area contributed by atoms with Crippen LogP contribution in [0.2, 0.25) is 0 Å². The summed E-state index contributed by atoms with van der Waals surface area (Å²) in [7, 11) is 0. The molecule has 1 N–H and O–H groups in total. The molecule has 1 saturated heterocycles. The number of morpholine rings is 1. The molecule has 3 fully saturated rings. The van der Waals surface area contributed by atoms with Crippen molar-refractivity contribution in [3.63, 3.8) is 0 Å². The number of carbonyl (C=O) groups excluding carboxylic acids is 2. The summed E-state index contributed by atoms with van der Waals surface area (Å²) in [5.41, 5.74) is 1.93. The average Bonchev–Trinajstić information content (AvgIpc) is 4.01. The Hall–Kier alpha value is -3.65. The summed E-state index contributed by atoms with van der Waals surface area (Å²) in [5, 5.41) is 8.65. The van der Waals surface area contributed by atoms with Gasteiger partial charge in [0.05, 0.1) is 19.2 Å². The predicted molar refractivity (Wildman–Crippen MR) is 196 cm³/mol. The van der Waals surface area contributed by atoms with Crippen LogP contribution in [-0.4, -0.2) is 65.3 Å². The van der Waals surface area contributed by atoms with Gasteiger partial charge in [-0.25, -0.2) is 4.79 Å². The molecular weight excluding hydrogens is 622 g/mol. The molecule has 0 radical (unpaired) electrons. The zero-order valence-electron chi connectivity index (χ0n) is 28.9. The molecule has 7 rings (SSSR count). The van der Waals surface area contributed by atoms with Gasteiger partial charge < -0.3 is 24.6 Å². The number of fused-ring (bicyclic) bond motifs is 2. The van der Waals surface area contributed by atoms with Crippen molar-refractivity contribution in [1.29, 1.82) is 0 Å². The second-order valence-electron chi connectivity index (χ2n) is 14.3. The van der Waals surface area contributed by atoms with Gasteiger partial charge in [-0.15, -0.1) is 12.4 Å². The van der Waals surface area contributed by atoms with E-state index < -0.39 is 17.8 Å². The van der Waals surface area contributed by atoms with Crippen LogP contribution in [0.5, 0.6) is 0 Å². The molecular formula is C40H50ClN3O4. The third-order valence-electron chi connectivity index (χ3n) is 9.20. The molecule has 0 aromatic heterocycles. The van der Waals surface area contributed by atoms with Crippen molar-refractivity contribution in [2.75, 3.05) is 19.7 Å². The normalized spacial score (nSPS) is 19.0. The molecule has 0 bridgehead atoms. The number of halogens is 1. The lowest BCUT2D eigenvalue weighted by Crippen LogP contribution is -2.54. The van der Waals surface area contributed by atoms with Crippen LogP contribution in [0.4, 0.5) is 4.79 Å². The molecule has 4 aromatic carbocycles. The van der Waals surface area contributed by atoms with Gasteiger partial charge in [-0.05, 0) is 105 Å². The Morgan fingerprint density at radius 2 is 1.40 bits per heavy atom. The van der Waals surface area contributed by atoms with Gasteiger partial charge in [-0.3, -0.25) is 4.79 Å². The van der Waals surface area contributed by atoms with Crippen LogP contribution < -0.4 is 5.32 Å². The van der Waals surface area contributed by atoms with Gasteiger partial charge in [0.25, 0.3) is 5.91 Å². The molecule has 3 atom stereocenters. The van der Waals surface area contributed by atoms with Gasteiger partial charge in [0, 0.05) is 24.7 Å². The number of nitrogens with one attached hydrogen (secondary N) is 1. The van der Waals surface area contributed by atoms with E-state index >= 15 is 0 Å². The van der Waals surface area contributed by atoms with Crippen LogP contribution in [0.1, 0.15) is 83.5 Å². The first kappa shape index (κ1) is 35.7. The van der Waals surface area contributed by atoms with Gasteiger partial charge in [-0.2, -0.15) is 0 Å². The zero-order chi connectivity index (χ0) is 33.1. The molecule has 48 heavy (non-hydrogen) atoms. The smallest absolute Gasteiger partial charge is 0.410 e. The van der Waals surface area contributed by atoms with Crippen molar-refractivity contribution in [3.05, 3.63) is 96.1 Å². The Morgan fingerprint density at radius 1 is 0.833 bits per heavy atom. The minimum atomic E-state index is -0.662. The van der Waals surface area contributed by atoms with E-state index in [1.54, 1.807) is 4.90 Å². The molecule has 0 spiro atoms. The molecule has 8 heteroatoms. The molecule has 1 aliphatic heterocycles. The topological polar surface area (TPSA) is 71.1 Å². The largest absolute Gasteiger partial charge is 0.444 e. The highest BCUT2D eigenvalue weighted by Crippen LogP contribution is 2.36. The SMILES string of the molecule is CC(NC1CC1)c1ccc2ccccc2c1.CC(c1ccc2ccccc2c1)N(C(=O)[C@H]1CN(C(=O)OC(C)(C)C)CCO1)C1CC1.Cl. The summed E-state index contributed by atoms with van der Waals surface area (Å²) in [6.07, 6.45) is 3.65. The fourth-order valence-electron chi connectivity index (χ4n) is 6.30. The minimum Gasteiger partial charge on any atom is -0.444 e. The lowest BCUT2D eigenvalue weighted by molar-refractivity contribution is -0.151. The lowest BCUT2D eigenvalue weighted by atomic mass is 10.0.